The summed E-state index contributed by atoms with van der Waals surface area (Å²) in [5.41, 5.74) is 0.494. The Morgan fingerprint density at radius 1 is 1.27 bits per heavy atom. The van der Waals surface area contributed by atoms with Crippen LogP contribution in [0, 0.1) is 0 Å². The van der Waals surface area contributed by atoms with Gasteiger partial charge in [0.25, 0.3) is 0 Å². The Morgan fingerprint density at radius 2 is 1.87 bits per heavy atom. The Balaban J connectivity index is 3.02. The molecule has 0 heterocycles. The lowest BCUT2D eigenvalue weighted by molar-refractivity contribution is -0.135. The largest absolute Gasteiger partial charge is 0.480 e. The van der Waals surface area contributed by atoms with Crippen molar-refractivity contribution in [3.8, 4) is 0 Å². The van der Waals surface area contributed by atoms with Crippen LogP contribution < -0.4 is 4.90 Å². The van der Waals surface area contributed by atoms with Crippen LogP contribution in [0.15, 0.2) is 24.3 Å². The molecule has 0 atom stereocenters. The first-order chi connectivity index (χ1) is 7.02. The second kappa shape index (κ2) is 4.45. The highest BCUT2D eigenvalue weighted by atomic mass is 16.4. The number of aliphatic carboxylic acids is 1. The molecule has 5 heteroatoms. The van der Waals surface area contributed by atoms with E-state index in [1.807, 2.05) is 0 Å². The molecule has 1 aromatic carbocycles. The van der Waals surface area contributed by atoms with Crippen LogP contribution in [0.3, 0.4) is 0 Å². The summed E-state index contributed by atoms with van der Waals surface area (Å²) in [5.74, 6) is -2.07. The summed E-state index contributed by atoms with van der Waals surface area (Å²) in [6.07, 6.45) is 0. The van der Waals surface area contributed by atoms with Crippen LogP contribution in [-0.2, 0) is 4.79 Å². The average molecular weight is 209 g/mol. The normalized spacial score (nSPS) is 9.67. The van der Waals surface area contributed by atoms with Crippen molar-refractivity contribution in [3.63, 3.8) is 0 Å². The predicted octanol–water partition coefficient (Wildman–Crippen LogP) is 0.906. The molecule has 0 amide bonds. The fraction of sp³-hybridized carbons (Fsp3) is 0.200. The van der Waals surface area contributed by atoms with E-state index >= 15 is 0 Å². The van der Waals surface area contributed by atoms with Gasteiger partial charge < -0.3 is 15.1 Å². The molecule has 0 aromatic heterocycles. The number of carbonyl (C=O) groups is 2. The molecule has 0 saturated carbocycles. The van der Waals surface area contributed by atoms with E-state index in [2.05, 4.69) is 0 Å². The van der Waals surface area contributed by atoms with Gasteiger partial charge in [0.2, 0.25) is 0 Å². The number of carboxylic acids is 2. The fourth-order valence-corrected chi connectivity index (χ4v) is 1.28. The van der Waals surface area contributed by atoms with Crippen molar-refractivity contribution >= 4 is 17.6 Å². The molecule has 2 N–H and O–H groups in total. The number of hydrogen-bond acceptors (Lipinski definition) is 3. The molecule has 80 valence electrons. The third-order valence-corrected chi connectivity index (χ3v) is 1.92. The van der Waals surface area contributed by atoms with Gasteiger partial charge in [0, 0.05) is 7.05 Å². The number of nitrogens with zero attached hydrogens (tertiary/aromatic N) is 1. The number of anilines is 1. The maximum Gasteiger partial charge on any atom is 0.337 e. The van der Waals surface area contributed by atoms with E-state index < -0.39 is 11.9 Å². The molecule has 1 rings (SSSR count). The zero-order chi connectivity index (χ0) is 11.4. The number of aromatic carboxylic acids is 1. The van der Waals surface area contributed by atoms with Gasteiger partial charge >= 0.3 is 11.9 Å². The minimum Gasteiger partial charge on any atom is -0.480 e. The number of para-hydroxylation sites is 1. The van der Waals surface area contributed by atoms with Gasteiger partial charge in [-0.15, -0.1) is 0 Å². The van der Waals surface area contributed by atoms with Gasteiger partial charge in [0.05, 0.1) is 11.3 Å². The second-order valence-corrected chi connectivity index (χ2v) is 3.07. The summed E-state index contributed by atoms with van der Waals surface area (Å²) < 4.78 is 0. The van der Waals surface area contributed by atoms with Crippen molar-refractivity contribution in [2.75, 3.05) is 18.5 Å². The van der Waals surface area contributed by atoms with Gasteiger partial charge in [-0.2, -0.15) is 0 Å². The lowest BCUT2D eigenvalue weighted by atomic mass is 10.1. The summed E-state index contributed by atoms with van der Waals surface area (Å²) in [7, 11) is 1.54. The maximum absolute atomic E-state index is 10.8. The Morgan fingerprint density at radius 3 is 2.40 bits per heavy atom. The predicted molar refractivity (Wildman–Crippen MR) is 54.3 cm³/mol. The van der Waals surface area contributed by atoms with Gasteiger partial charge in [-0.1, -0.05) is 12.1 Å². The Bertz CT molecular complexity index is 389. The highest BCUT2D eigenvalue weighted by Crippen LogP contribution is 2.18. The van der Waals surface area contributed by atoms with E-state index in [9.17, 15) is 9.59 Å². The number of benzene rings is 1. The van der Waals surface area contributed by atoms with E-state index in [1.54, 1.807) is 18.2 Å². The number of hydrogen-bond donors (Lipinski definition) is 2. The minimum absolute atomic E-state index is 0.0984. The molecule has 1 aromatic rings. The Labute approximate surface area is 86.6 Å². The molecule has 0 radical (unpaired) electrons. The smallest absolute Gasteiger partial charge is 0.337 e. The zero-order valence-corrected chi connectivity index (χ0v) is 8.17. The molecule has 0 bridgehead atoms. The van der Waals surface area contributed by atoms with Crippen LogP contribution in [-0.4, -0.2) is 35.7 Å². The Hall–Kier alpha value is -2.04. The molecule has 0 fully saturated rings. The molecule has 0 aliphatic heterocycles. The van der Waals surface area contributed by atoms with Crippen LogP contribution in [0.1, 0.15) is 10.4 Å². The molecule has 0 unspecified atom stereocenters. The topological polar surface area (TPSA) is 77.8 Å². The molecule has 15 heavy (non-hydrogen) atoms. The van der Waals surface area contributed by atoms with Gasteiger partial charge in [-0.3, -0.25) is 4.79 Å². The molecule has 0 aliphatic carbocycles. The first-order valence-corrected chi connectivity index (χ1v) is 4.27. The van der Waals surface area contributed by atoms with E-state index in [0.29, 0.717) is 5.69 Å². The first-order valence-electron chi connectivity index (χ1n) is 4.27. The highest BCUT2D eigenvalue weighted by molar-refractivity contribution is 5.95. The van der Waals surface area contributed by atoms with Crippen molar-refractivity contribution in [1.29, 1.82) is 0 Å². The van der Waals surface area contributed by atoms with Gasteiger partial charge in [-0.25, -0.2) is 4.79 Å². The Kier molecular flexibility index (Phi) is 3.28. The minimum atomic E-state index is -1.07. The van der Waals surface area contributed by atoms with E-state index in [1.165, 1.54) is 18.0 Å². The van der Waals surface area contributed by atoms with Gasteiger partial charge in [-0.05, 0) is 12.1 Å². The molecular weight excluding hydrogens is 198 g/mol. The number of rotatable bonds is 4. The lowest BCUT2D eigenvalue weighted by Gasteiger charge is -2.18. The third kappa shape index (κ3) is 2.70. The molecule has 0 saturated heterocycles. The standard InChI is InChI=1S/C10H11NO4/c1-11(6-9(12)13)8-5-3-2-4-7(8)10(14)15/h2-5H,6H2,1H3,(H,12,13)(H,14,15). The second-order valence-electron chi connectivity index (χ2n) is 3.07. The molecular formula is C10H11NO4. The third-order valence-electron chi connectivity index (χ3n) is 1.92. The van der Waals surface area contributed by atoms with E-state index in [0.717, 1.165) is 0 Å². The summed E-state index contributed by atoms with van der Waals surface area (Å²) in [5, 5.41) is 17.5. The van der Waals surface area contributed by atoms with E-state index in [-0.39, 0.29) is 12.1 Å². The van der Waals surface area contributed by atoms with Crippen LogP contribution in [0.25, 0.3) is 0 Å². The highest BCUT2D eigenvalue weighted by Gasteiger charge is 2.13. The van der Waals surface area contributed by atoms with Crippen molar-refractivity contribution in [2.45, 2.75) is 0 Å². The van der Waals surface area contributed by atoms with Crippen LogP contribution in [0.2, 0.25) is 0 Å². The maximum atomic E-state index is 10.8. The summed E-state index contributed by atoms with van der Waals surface area (Å²) in [6, 6.07) is 6.28. The summed E-state index contributed by atoms with van der Waals surface area (Å²) in [4.78, 5) is 22.7. The summed E-state index contributed by atoms with van der Waals surface area (Å²) in [6.45, 7) is -0.232. The number of likely N-dealkylation sites (N-methyl/N-ethyl adjacent to an activating group) is 1. The van der Waals surface area contributed by atoms with Crippen LogP contribution in [0.5, 0.6) is 0 Å². The van der Waals surface area contributed by atoms with Gasteiger partial charge in [0.1, 0.15) is 6.54 Å². The van der Waals surface area contributed by atoms with Crippen molar-refractivity contribution in [3.05, 3.63) is 29.8 Å². The molecule has 5 nitrogen and oxygen atoms in total. The first kappa shape index (κ1) is 11.0. The number of carboxylic acid groups (broad SMARTS) is 2. The average Bonchev–Trinajstić information content (AvgIpc) is 2.16. The van der Waals surface area contributed by atoms with Gasteiger partial charge in [0.15, 0.2) is 0 Å². The monoisotopic (exact) mass is 209 g/mol. The quantitative estimate of drug-likeness (QED) is 0.770. The summed E-state index contributed by atoms with van der Waals surface area (Å²) >= 11 is 0. The molecule has 0 spiro atoms. The van der Waals surface area contributed by atoms with Crippen molar-refractivity contribution in [2.24, 2.45) is 0 Å². The molecule has 0 aliphatic rings. The fourth-order valence-electron chi connectivity index (χ4n) is 1.28. The van der Waals surface area contributed by atoms with Crippen LogP contribution in [0.4, 0.5) is 5.69 Å². The van der Waals surface area contributed by atoms with Crippen molar-refractivity contribution < 1.29 is 19.8 Å². The van der Waals surface area contributed by atoms with Crippen molar-refractivity contribution in [1.82, 2.24) is 0 Å². The van der Waals surface area contributed by atoms with Crippen LogP contribution >= 0.6 is 0 Å². The van der Waals surface area contributed by atoms with E-state index in [4.69, 9.17) is 10.2 Å². The SMILES string of the molecule is CN(CC(=O)O)c1ccccc1C(=O)O. The zero-order valence-electron chi connectivity index (χ0n) is 8.17. The lowest BCUT2D eigenvalue weighted by Crippen LogP contribution is -2.26.